The molecule has 1 heterocycles. The van der Waals surface area contributed by atoms with Crippen LogP contribution in [-0.4, -0.2) is 30.5 Å². The molecule has 1 fully saturated rings. The Balaban J connectivity index is 2.93. The van der Waals surface area contributed by atoms with Crippen LogP contribution in [-0.2, 0) is 9.53 Å². The maximum Gasteiger partial charge on any atom is 0.405 e. The number of aliphatic carboxylic acids is 1. The Labute approximate surface area is 72.5 Å². The zero-order chi connectivity index (χ0) is 10.1. The summed E-state index contributed by atoms with van der Waals surface area (Å²) in [5, 5.41) is 8.55. The average molecular weight is 198 g/mol. The molecule has 6 heteroatoms. The summed E-state index contributed by atoms with van der Waals surface area (Å²) in [4.78, 5) is 10.5. The molecule has 1 aliphatic heterocycles. The van der Waals surface area contributed by atoms with E-state index in [0.717, 1.165) is 0 Å². The Morgan fingerprint density at radius 3 is 2.00 bits per heavy atom. The molecular weight excluding hydrogens is 189 g/mol. The van der Waals surface area contributed by atoms with Crippen LogP contribution < -0.4 is 0 Å². The predicted molar refractivity (Wildman–Crippen MR) is 36.2 cm³/mol. The van der Waals surface area contributed by atoms with Crippen LogP contribution in [0.4, 0.5) is 13.2 Å². The largest absolute Gasteiger partial charge is 0.481 e. The van der Waals surface area contributed by atoms with Crippen molar-refractivity contribution in [3.05, 3.63) is 0 Å². The number of ether oxygens (including phenoxy) is 1. The topological polar surface area (TPSA) is 46.5 Å². The van der Waals surface area contributed by atoms with E-state index in [0.29, 0.717) is 0 Å². The van der Waals surface area contributed by atoms with Crippen molar-refractivity contribution in [2.24, 2.45) is 5.41 Å². The minimum absolute atomic E-state index is 0.147. The van der Waals surface area contributed by atoms with Crippen molar-refractivity contribution in [2.45, 2.75) is 19.0 Å². The molecule has 0 aromatic heterocycles. The number of hydrogen-bond donors (Lipinski definition) is 1. The van der Waals surface area contributed by atoms with Crippen LogP contribution in [0.3, 0.4) is 0 Å². The lowest BCUT2D eigenvalue weighted by molar-refractivity contribution is -0.248. The molecular formula is C7H9F3O3. The zero-order valence-corrected chi connectivity index (χ0v) is 6.73. The normalized spacial score (nSPS) is 22.7. The second-order valence-electron chi connectivity index (χ2n) is 3.00. The van der Waals surface area contributed by atoms with Gasteiger partial charge in [0, 0.05) is 13.2 Å². The first-order valence-electron chi connectivity index (χ1n) is 3.78. The molecule has 0 aromatic rings. The van der Waals surface area contributed by atoms with Gasteiger partial charge in [-0.3, -0.25) is 4.79 Å². The van der Waals surface area contributed by atoms with Gasteiger partial charge in [-0.15, -0.1) is 0 Å². The number of carbonyl (C=O) groups is 1. The van der Waals surface area contributed by atoms with Crippen LogP contribution in [0.25, 0.3) is 0 Å². The summed E-state index contributed by atoms with van der Waals surface area (Å²) in [6.45, 7) is -0.294. The molecule has 1 N–H and O–H groups in total. The lowest BCUT2D eigenvalue weighted by atomic mass is 9.79. The number of carboxylic acids is 1. The van der Waals surface area contributed by atoms with E-state index in [1.807, 2.05) is 0 Å². The number of carboxylic acid groups (broad SMARTS) is 1. The van der Waals surface area contributed by atoms with Gasteiger partial charge >= 0.3 is 12.1 Å². The number of alkyl halides is 3. The molecule has 0 aliphatic carbocycles. The van der Waals surface area contributed by atoms with Crippen LogP contribution in [0.5, 0.6) is 0 Å². The third kappa shape index (κ3) is 1.63. The first kappa shape index (κ1) is 10.3. The summed E-state index contributed by atoms with van der Waals surface area (Å²) in [5.41, 5.74) is -2.59. The average Bonchev–Trinajstić information content (AvgIpc) is 2.03. The molecule has 1 rings (SSSR count). The van der Waals surface area contributed by atoms with Crippen molar-refractivity contribution < 1.29 is 27.8 Å². The summed E-state index contributed by atoms with van der Waals surface area (Å²) in [6.07, 6.45) is -5.68. The van der Waals surface area contributed by atoms with Gasteiger partial charge in [-0.25, -0.2) is 0 Å². The Morgan fingerprint density at radius 2 is 1.77 bits per heavy atom. The van der Waals surface area contributed by atoms with E-state index in [1.165, 1.54) is 0 Å². The molecule has 13 heavy (non-hydrogen) atoms. The number of halogens is 3. The Kier molecular flexibility index (Phi) is 2.51. The monoisotopic (exact) mass is 198 g/mol. The highest BCUT2D eigenvalue weighted by atomic mass is 19.4. The van der Waals surface area contributed by atoms with Gasteiger partial charge in [-0.1, -0.05) is 0 Å². The van der Waals surface area contributed by atoms with E-state index in [9.17, 15) is 18.0 Å². The molecule has 0 unspecified atom stereocenters. The second-order valence-corrected chi connectivity index (χ2v) is 3.00. The van der Waals surface area contributed by atoms with E-state index >= 15 is 0 Å². The quantitative estimate of drug-likeness (QED) is 0.693. The zero-order valence-electron chi connectivity index (χ0n) is 6.73. The molecule has 0 bridgehead atoms. The summed E-state index contributed by atoms with van der Waals surface area (Å²) < 4.78 is 41.9. The summed E-state index contributed by atoms with van der Waals surface area (Å²) in [7, 11) is 0. The van der Waals surface area contributed by atoms with Crippen molar-refractivity contribution in [3.63, 3.8) is 0 Å². The van der Waals surface area contributed by atoms with Crippen molar-refractivity contribution >= 4 is 5.97 Å². The van der Waals surface area contributed by atoms with Gasteiger partial charge in [-0.2, -0.15) is 13.2 Å². The first-order valence-corrected chi connectivity index (χ1v) is 3.78. The Hall–Kier alpha value is -0.780. The molecule has 1 aliphatic rings. The molecule has 0 saturated carbocycles. The van der Waals surface area contributed by atoms with Crippen LogP contribution >= 0.6 is 0 Å². The third-order valence-electron chi connectivity index (χ3n) is 2.30. The lowest BCUT2D eigenvalue weighted by Gasteiger charge is -2.34. The van der Waals surface area contributed by atoms with Gasteiger partial charge in [0.05, 0.1) is 0 Å². The predicted octanol–water partition coefficient (Wildman–Crippen LogP) is 1.43. The maximum atomic E-state index is 12.4. The van der Waals surface area contributed by atoms with Gasteiger partial charge in [0.15, 0.2) is 5.41 Å². The van der Waals surface area contributed by atoms with Gasteiger partial charge in [0.1, 0.15) is 0 Å². The summed E-state index contributed by atoms with van der Waals surface area (Å²) >= 11 is 0. The van der Waals surface area contributed by atoms with Crippen molar-refractivity contribution in [1.29, 1.82) is 0 Å². The molecule has 0 spiro atoms. The van der Waals surface area contributed by atoms with Gasteiger partial charge < -0.3 is 9.84 Å². The molecule has 3 nitrogen and oxygen atoms in total. The third-order valence-corrected chi connectivity index (χ3v) is 2.30. The highest BCUT2D eigenvalue weighted by Crippen LogP contribution is 2.45. The molecule has 0 radical (unpaired) electrons. The van der Waals surface area contributed by atoms with Crippen molar-refractivity contribution in [1.82, 2.24) is 0 Å². The smallest absolute Gasteiger partial charge is 0.405 e. The van der Waals surface area contributed by atoms with Crippen LogP contribution in [0.15, 0.2) is 0 Å². The van der Waals surface area contributed by atoms with Crippen molar-refractivity contribution in [3.8, 4) is 0 Å². The summed E-state index contributed by atoms with van der Waals surface area (Å²) in [6, 6.07) is 0. The van der Waals surface area contributed by atoms with E-state index in [-0.39, 0.29) is 13.2 Å². The maximum absolute atomic E-state index is 12.4. The minimum atomic E-state index is -4.69. The molecule has 1 saturated heterocycles. The molecule has 76 valence electrons. The molecule has 0 amide bonds. The highest BCUT2D eigenvalue weighted by molar-refractivity contribution is 5.75. The minimum Gasteiger partial charge on any atom is -0.481 e. The standard InChI is InChI=1S/C7H9F3O3/c8-7(9,10)6(5(11)12)1-3-13-4-2-6/h1-4H2,(H,11,12). The first-order chi connectivity index (χ1) is 5.90. The fourth-order valence-electron chi connectivity index (χ4n) is 1.34. The van der Waals surface area contributed by atoms with E-state index in [1.54, 1.807) is 0 Å². The van der Waals surface area contributed by atoms with E-state index in [4.69, 9.17) is 9.84 Å². The Morgan fingerprint density at radius 1 is 1.31 bits per heavy atom. The van der Waals surface area contributed by atoms with Crippen LogP contribution in [0.1, 0.15) is 12.8 Å². The highest BCUT2D eigenvalue weighted by Gasteiger charge is 2.60. The number of rotatable bonds is 1. The fraction of sp³-hybridized carbons (Fsp3) is 0.857. The molecule has 0 atom stereocenters. The lowest BCUT2D eigenvalue weighted by Crippen LogP contribution is -2.48. The fourth-order valence-corrected chi connectivity index (χ4v) is 1.34. The van der Waals surface area contributed by atoms with Crippen LogP contribution in [0, 0.1) is 5.41 Å². The van der Waals surface area contributed by atoms with Gasteiger partial charge in [-0.05, 0) is 12.8 Å². The van der Waals surface area contributed by atoms with E-state index in [2.05, 4.69) is 0 Å². The molecule has 0 aromatic carbocycles. The van der Waals surface area contributed by atoms with Crippen LogP contribution in [0.2, 0.25) is 0 Å². The second kappa shape index (κ2) is 3.17. The van der Waals surface area contributed by atoms with Crippen molar-refractivity contribution in [2.75, 3.05) is 13.2 Å². The summed E-state index contributed by atoms with van der Waals surface area (Å²) in [5.74, 6) is -1.80. The number of hydrogen-bond acceptors (Lipinski definition) is 2. The SMILES string of the molecule is O=C(O)C1(C(F)(F)F)CCOCC1. The Bertz CT molecular complexity index is 206. The van der Waals surface area contributed by atoms with Gasteiger partial charge in [0.2, 0.25) is 0 Å². The van der Waals surface area contributed by atoms with E-state index < -0.39 is 30.4 Å². The van der Waals surface area contributed by atoms with Gasteiger partial charge in [0.25, 0.3) is 0 Å².